The number of carbonyl (C=O) groups excluding carboxylic acids is 1. The average Bonchev–Trinajstić information content (AvgIpc) is 3.21. The first-order valence-electron chi connectivity index (χ1n) is 9.69. The van der Waals surface area contributed by atoms with Gasteiger partial charge in [0.25, 0.3) is 0 Å². The summed E-state index contributed by atoms with van der Waals surface area (Å²) in [7, 11) is 0. The lowest BCUT2D eigenvalue weighted by Gasteiger charge is -2.32. The third-order valence-corrected chi connectivity index (χ3v) is 5.15. The highest BCUT2D eigenvalue weighted by Crippen LogP contribution is 2.23. The van der Waals surface area contributed by atoms with E-state index in [0.29, 0.717) is 12.1 Å². The van der Waals surface area contributed by atoms with Gasteiger partial charge in [0.05, 0.1) is 24.0 Å². The summed E-state index contributed by atoms with van der Waals surface area (Å²) < 4.78 is 1.82. The molecule has 7 heteroatoms. The summed E-state index contributed by atoms with van der Waals surface area (Å²) in [6.07, 6.45) is 6.68. The molecular formula is C22H22N6O. The summed E-state index contributed by atoms with van der Waals surface area (Å²) in [6.45, 7) is 2.21. The molecule has 29 heavy (non-hydrogen) atoms. The van der Waals surface area contributed by atoms with E-state index in [1.165, 1.54) is 0 Å². The quantitative estimate of drug-likeness (QED) is 0.728. The molecule has 0 spiro atoms. The molecule has 0 radical (unpaired) electrons. The van der Waals surface area contributed by atoms with E-state index < -0.39 is 0 Å². The van der Waals surface area contributed by atoms with E-state index in [2.05, 4.69) is 38.5 Å². The maximum atomic E-state index is 12.6. The lowest BCUT2D eigenvalue weighted by Crippen LogP contribution is -2.38. The van der Waals surface area contributed by atoms with Crippen LogP contribution in [0.5, 0.6) is 0 Å². The summed E-state index contributed by atoms with van der Waals surface area (Å²) in [5, 5.41) is 16.2. The van der Waals surface area contributed by atoms with E-state index in [0.717, 1.165) is 43.0 Å². The number of nitriles is 1. The standard InChI is InChI=1S/C22H22N6O/c23-12-18-6-7-21(24-13-18)27-10-8-19(9-11-27)22(29)26-20-14-25-28(16-20)15-17-4-2-1-3-5-17/h1-7,13-14,16,19H,8-11,15H2,(H,26,29). The lowest BCUT2D eigenvalue weighted by atomic mass is 9.96. The molecule has 0 aliphatic carbocycles. The van der Waals surface area contributed by atoms with Crippen LogP contribution < -0.4 is 10.2 Å². The highest BCUT2D eigenvalue weighted by Gasteiger charge is 2.26. The number of hydrogen-bond donors (Lipinski definition) is 1. The molecule has 1 aromatic carbocycles. The van der Waals surface area contributed by atoms with Crippen molar-refractivity contribution >= 4 is 17.4 Å². The van der Waals surface area contributed by atoms with Crippen molar-refractivity contribution in [2.45, 2.75) is 19.4 Å². The molecule has 2 aromatic heterocycles. The minimum absolute atomic E-state index is 0.0258. The number of pyridine rings is 1. The molecule has 3 aromatic rings. The van der Waals surface area contributed by atoms with Crippen molar-refractivity contribution < 1.29 is 4.79 Å². The Morgan fingerprint density at radius 1 is 1.14 bits per heavy atom. The van der Waals surface area contributed by atoms with Gasteiger partial charge in [-0.05, 0) is 30.5 Å². The first-order chi connectivity index (χ1) is 14.2. The van der Waals surface area contributed by atoms with Crippen LogP contribution in [0.25, 0.3) is 0 Å². The fraction of sp³-hybridized carbons (Fsp3) is 0.273. The maximum absolute atomic E-state index is 12.6. The fourth-order valence-corrected chi connectivity index (χ4v) is 3.54. The molecule has 0 saturated carbocycles. The first kappa shape index (κ1) is 18.7. The second-order valence-electron chi connectivity index (χ2n) is 7.18. The lowest BCUT2D eigenvalue weighted by molar-refractivity contribution is -0.120. The van der Waals surface area contributed by atoms with Crippen LogP contribution in [-0.4, -0.2) is 33.8 Å². The molecule has 1 fully saturated rings. The van der Waals surface area contributed by atoms with Crippen molar-refractivity contribution in [2.75, 3.05) is 23.3 Å². The monoisotopic (exact) mass is 386 g/mol. The van der Waals surface area contributed by atoms with Gasteiger partial charge in [0, 0.05) is 31.4 Å². The van der Waals surface area contributed by atoms with Gasteiger partial charge < -0.3 is 10.2 Å². The topological polar surface area (TPSA) is 86.8 Å². The van der Waals surface area contributed by atoms with E-state index in [1.807, 2.05) is 35.1 Å². The highest BCUT2D eigenvalue weighted by molar-refractivity contribution is 5.92. The SMILES string of the molecule is N#Cc1ccc(N2CCC(C(=O)Nc3cnn(Cc4ccccc4)c3)CC2)nc1. The Kier molecular flexibility index (Phi) is 5.52. The number of piperidine rings is 1. The third kappa shape index (κ3) is 4.61. The number of nitrogens with one attached hydrogen (secondary N) is 1. The zero-order chi connectivity index (χ0) is 20.1. The van der Waals surface area contributed by atoms with Gasteiger partial charge in [-0.3, -0.25) is 9.48 Å². The van der Waals surface area contributed by atoms with Crippen LogP contribution in [-0.2, 0) is 11.3 Å². The molecule has 1 N–H and O–H groups in total. The predicted octanol–water partition coefficient (Wildman–Crippen LogP) is 3.05. The Balaban J connectivity index is 1.29. The smallest absolute Gasteiger partial charge is 0.227 e. The molecule has 0 bridgehead atoms. The third-order valence-electron chi connectivity index (χ3n) is 5.15. The number of amides is 1. The van der Waals surface area contributed by atoms with Gasteiger partial charge in [0.15, 0.2) is 0 Å². The number of aromatic nitrogens is 3. The normalized spacial score (nSPS) is 14.4. The summed E-state index contributed by atoms with van der Waals surface area (Å²) in [4.78, 5) is 19.1. The Labute approximate surface area is 169 Å². The molecule has 7 nitrogen and oxygen atoms in total. The van der Waals surface area contributed by atoms with Crippen LogP contribution >= 0.6 is 0 Å². The van der Waals surface area contributed by atoms with Gasteiger partial charge in [-0.2, -0.15) is 10.4 Å². The number of hydrogen-bond acceptors (Lipinski definition) is 5. The van der Waals surface area contributed by atoms with Crippen LogP contribution in [0.2, 0.25) is 0 Å². The summed E-state index contributed by atoms with van der Waals surface area (Å²) in [5.74, 6) is 0.865. The zero-order valence-corrected chi connectivity index (χ0v) is 16.0. The second-order valence-corrected chi connectivity index (χ2v) is 7.18. The Bertz CT molecular complexity index is 998. The van der Waals surface area contributed by atoms with Crippen molar-refractivity contribution in [1.29, 1.82) is 5.26 Å². The number of benzene rings is 1. The average molecular weight is 386 g/mol. The van der Waals surface area contributed by atoms with Gasteiger partial charge >= 0.3 is 0 Å². The largest absolute Gasteiger partial charge is 0.357 e. The summed E-state index contributed by atoms with van der Waals surface area (Å²) >= 11 is 0. The van der Waals surface area contributed by atoms with Crippen molar-refractivity contribution in [1.82, 2.24) is 14.8 Å². The highest BCUT2D eigenvalue weighted by atomic mass is 16.1. The minimum atomic E-state index is -0.0258. The van der Waals surface area contributed by atoms with Crippen LogP contribution in [0.15, 0.2) is 61.1 Å². The van der Waals surface area contributed by atoms with Gasteiger partial charge in [0.2, 0.25) is 5.91 Å². The van der Waals surface area contributed by atoms with Crippen molar-refractivity contribution in [3.63, 3.8) is 0 Å². The molecule has 3 heterocycles. The maximum Gasteiger partial charge on any atom is 0.227 e. The van der Waals surface area contributed by atoms with Crippen LogP contribution in [0.1, 0.15) is 24.0 Å². The Morgan fingerprint density at radius 3 is 2.62 bits per heavy atom. The number of rotatable bonds is 5. The fourth-order valence-electron chi connectivity index (χ4n) is 3.54. The van der Waals surface area contributed by atoms with Gasteiger partial charge in [0.1, 0.15) is 11.9 Å². The molecular weight excluding hydrogens is 364 g/mol. The van der Waals surface area contributed by atoms with Gasteiger partial charge in [-0.1, -0.05) is 30.3 Å². The molecule has 4 rings (SSSR count). The zero-order valence-electron chi connectivity index (χ0n) is 16.0. The van der Waals surface area contributed by atoms with E-state index in [-0.39, 0.29) is 11.8 Å². The molecule has 0 atom stereocenters. The van der Waals surface area contributed by atoms with Crippen LogP contribution in [0.4, 0.5) is 11.5 Å². The van der Waals surface area contributed by atoms with Crippen LogP contribution in [0, 0.1) is 17.2 Å². The Hall–Kier alpha value is -3.66. The number of carbonyl (C=O) groups is 1. The summed E-state index contributed by atoms with van der Waals surface area (Å²) in [5.41, 5.74) is 2.44. The van der Waals surface area contributed by atoms with E-state index in [4.69, 9.17) is 5.26 Å². The second kappa shape index (κ2) is 8.57. The molecule has 0 unspecified atom stereocenters. The molecule has 146 valence electrons. The number of nitrogens with zero attached hydrogens (tertiary/aromatic N) is 5. The molecule has 1 amide bonds. The predicted molar refractivity (Wildman–Crippen MR) is 110 cm³/mol. The molecule has 1 aliphatic heterocycles. The van der Waals surface area contributed by atoms with E-state index in [9.17, 15) is 4.79 Å². The number of anilines is 2. The minimum Gasteiger partial charge on any atom is -0.357 e. The van der Waals surface area contributed by atoms with Gasteiger partial charge in [-0.25, -0.2) is 4.98 Å². The van der Waals surface area contributed by atoms with Gasteiger partial charge in [-0.15, -0.1) is 0 Å². The molecule has 1 saturated heterocycles. The van der Waals surface area contributed by atoms with E-state index in [1.54, 1.807) is 18.5 Å². The van der Waals surface area contributed by atoms with Crippen LogP contribution in [0.3, 0.4) is 0 Å². The first-order valence-corrected chi connectivity index (χ1v) is 9.69. The van der Waals surface area contributed by atoms with Crippen molar-refractivity contribution in [3.8, 4) is 6.07 Å². The van der Waals surface area contributed by atoms with Crippen molar-refractivity contribution in [2.24, 2.45) is 5.92 Å². The Morgan fingerprint density at radius 2 is 1.93 bits per heavy atom. The summed E-state index contributed by atoms with van der Waals surface area (Å²) in [6, 6.07) is 15.8. The molecule has 1 aliphatic rings. The van der Waals surface area contributed by atoms with E-state index >= 15 is 0 Å². The van der Waals surface area contributed by atoms with Crippen molar-refractivity contribution in [3.05, 3.63) is 72.2 Å².